The lowest BCUT2D eigenvalue weighted by Gasteiger charge is -2.13. The average Bonchev–Trinajstić information content (AvgIpc) is 2.72. The summed E-state index contributed by atoms with van der Waals surface area (Å²) in [6.45, 7) is 3.39. The lowest BCUT2D eigenvalue weighted by molar-refractivity contribution is -0.129. The fourth-order valence-corrected chi connectivity index (χ4v) is 2.69. The average molecular weight is 249 g/mol. The quantitative estimate of drug-likeness (QED) is 0.878. The van der Waals surface area contributed by atoms with E-state index in [0.29, 0.717) is 0 Å². The van der Waals surface area contributed by atoms with Crippen LogP contribution in [-0.4, -0.2) is 17.1 Å². The van der Waals surface area contributed by atoms with Gasteiger partial charge in [0, 0.05) is 9.58 Å². The fraction of sp³-hybridized carbons (Fsp3) is 0.308. The van der Waals surface area contributed by atoms with Crippen LogP contribution in [0.5, 0.6) is 0 Å². The Labute approximate surface area is 104 Å². The Morgan fingerprint density at radius 2 is 2.06 bits per heavy atom. The van der Waals surface area contributed by atoms with Gasteiger partial charge in [0.15, 0.2) is 0 Å². The number of carbonyl (C=O) groups is 1. The molecular weight excluding hydrogens is 234 g/mol. The molecule has 2 rings (SSSR count). The minimum absolute atomic E-state index is 0.0745. The number of thiophene rings is 1. The van der Waals surface area contributed by atoms with E-state index in [4.69, 9.17) is 5.11 Å². The molecule has 4 heteroatoms. The van der Waals surface area contributed by atoms with E-state index in [9.17, 15) is 4.79 Å². The lowest BCUT2D eigenvalue weighted by Crippen LogP contribution is -2.34. The van der Waals surface area contributed by atoms with Crippen molar-refractivity contribution in [1.29, 1.82) is 0 Å². The second-order valence-corrected chi connectivity index (χ2v) is 5.21. The summed E-state index contributed by atoms with van der Waals surface area (Å²) in [5, 5.41) is 13.1. The van der Waals surface area contributed by atoms with Gasteiger partial charge in [0.25, 0.3) is 0 Å². The number of amides is 1. The monoisotopic (exact) mass is 249 g/mol. The van der Waals surface area contributed by atoms with Crippen LogP contribution >= 0.6 is 11.3 Å². The van der Waals surface area contributed by atoms with Gasteiger partial charge < -0.3 is 10.4 Å². The summed E-state index contributed by atoms with van der Waals surface area (Å²) < 4.78 is 1.21. The van der Waals surface area contributed by atoms with Gasteiger partial charge in [-0.2, -0.15) is 0 Å². The van der Waals surface area contributed by atoms with Gasteiger partial charge in [0.05, 0.1) is 6.04 Å². The maximum Gasteiger partial charge on any atom is 0.249 e. The standard InChI is InChI=1S/C13H15NO2S/c1-8(14-13(16)9(2)15)12-7-10-5-3-4-6-11(10)17-12/h3-9,15H,1-2H3,(H,14,16)/t8-,9-/m1/s1. The summed E-state index contributed by atoms with van der Waals surface area (Å²) in [6.07, 6.45) is -0.966. The smallest absolute Gasteiger partial charge is 0.249 e. The van der Waals surface area contributed by atoms with E-state index >= 15 is 0 Å². The molecule has 2 N–H and O–H groups in total. The van der Waals surface area contributed by atoms with Gasteiger partial charge in [-0.3, -0.25) is 4.79 Å². The molecule has 2 atom stereocenters. The van der Waals surface area contributed by atoms with Crippen molar-refractivity contribution < 1.29 is 9.90 Å². The SMILES string of the molecule is C[C@@H](O)C(=O)N[C@H](C)c1cc2ccccc2s1. The minimum Gasteiger partial charge on any atom is -0.384 e. The number of nitrogens with one attached hydrogen (secondary N) is 1. The molecule has 0 saturated heterocycles. The molecule has 0 bridgehead atoms. The third-order valence-electron chi connectivity index (χ3n) is 2.61. The summed E-state index contributed by atoms with van der Waals surface area (Å²) in [6, 6.07) is 10.1. The first-order valence-electron chi connectivity index (χ1n) is 5.55. The number of benzene rings is 1. The zero-order chi connectivity index (χ0) is 12.4. The topological polar surface area (TPSA) is 49.3 Å². The van der Waals surface area contributed by atoms with Crippen molar-refractivity contribution in [1.82, 2.24) is 5.32 Å². The molecule has 17 heavy (non-hydrogen) atoms. The molecule has 0 aliphatic carbocycles. The summed E-state index contributed by atoms with van der Waals surface area (Å²) in [5.74, 6) is -0.338. The summed E-state index contributed by atoms with van der Waals surface area (Å²) in [7, 11) is 0. The molecule has 0 radical (unpaired) electrons. The van der Waals surface area contributed by atoms with Crippen LogP contribution in [0.3, 0.4) is 0 Å². The molecule has 1 heterocycles. The van der Waals surface area contributed by atoms with Crippen molar-refractivity contribution in [3.8, 4) is 0 Å². The Balaban J connectivity index is 2.19. The van der Waals surface area contributed by atoms with E-state index in [1.165, 1.54) is 17.0 Å². The van der Waals surface area contributed by atoms with Crippen LogP contribution in [0.1, 0.15) is 24.8 Å². The summed E-state index contributed by atoms with van der Waals surface area (Å²) in [4.78, 5) is 12.5. The van der Waals surface area contributed by atoms with E-state index in [1.807, 2.05) is 19.1 Å². The molecule has 0 unspecified atom stereocenters. The number of hydrogen-bond acceptors (Lipinski definition) is 3. The normalized spacial score (nSPS) is 14.5. The highest BCUT2D eigenvalue weighted by molar-refractivity contribution is 7.19. The van der Waals surface area contributed by atoms with Gasteiger partial charge >= 0.3 is 0 Å². The van der Waals surface area contributed by atoms with Gasteiger partial charge in [0.2, 0.25) is 5.91 Å². The van der Waals surface area contributed by atoms with E-state index in [0.717, 1.165) is 4.88 Å². The zero-order valence-corrected chi connectivity index (χ0v) is 10.6. The highest BCUT2D eigenvalue weighted by Gasteiger charge is 2.15. The first kappa shape index (κ1) is 12.1. The number of aliphatic hydroxyl groups excluding tert-OH is 1. The molecule has 0 spiro atoms. The summed E-state index contributed by atoms with van der Waals surface area (Å²) >= 11 is 1.66. The van der Waals surface area contributed by atoms with E-state index in [1.54, 1.807) is 11.3 Å². The molecule has 3 nitrogen and oxygen atoms in total. The van der Waals surface area contributed by atoms with Crippen LogP contribution in [0.4, 0.5) is 0 Å². The number of fused-ring (bicyclic) bond motifs is 1. The molecule has 0 aliphatic rings. The summed E-state index contributed by atoms with van der Waals surface area (Å²) in [5.41, 5.74) is 0. The molecule has 1 amide bonds. The van der Waals surface area contributed by atoms with Gasteiger partial charge in [-0.25, -0.2) is 0 Å². The second-order valence-electron chi connectivity index (χ2n) is 4.09. The van der Waals surface area contributed by atoms with Crippen molar-refractivity contribution in [3.63, 3.8) is 0 Å². The molecule has 2 aromatic rings. The van der Waals surface area contributed by atoms with Crippen molar-refractivity contribution >= 4 is 27.3 Å². The molecule has 0 saturated carbocycles. The zero-order valence-electron chi connectivity index (χ0n) is 9.81. The molecular formula is C13H15NO2S. The fourth-order valence-electron chi connectivity index (χ4n) is 1.62. The Morgan fingerprint density at radius 3 is 2.71 bits per heavy atom. The molecule has 0 aliphatic heterocycles. The van der Waals surface area contributed by atoms with Crippen molar-refractivity contribution in [3.05, 3.63) is 35.2 Å². The predicted octanol–water partition coefficient (Wildman–Crippen LogP) is 2.46. The highest BCUT2D eigenvalue weighted by atomic mass is 32.1. The van der Waals surface area contributed by atoms with Gasteiger partial charge in [-0.15, -0.1) is 11.3 Å². The number of carbonyl (C=O) groups excluding carboxylic acids is 1. The Hall–Kier alpha value is -1.39. The first-order chi connectivity index (χ1) is 8.08. The van der Waals surface area contributed by atoms with Crippen LogP contribution in [0.15, 0.2) is 30.3 Å². The van der Waals surface area contributed by atoms with Crippen molar-refractivity contribution in [2.75, 3.05) is 0 Å². The van der Waals surface area contributed by atoms with Crippen LogP contribution in [-0.2, 0) is 4.79 Å². The van der Waals surface area contributed by atoms with Crippen molar-refractivity contribution in [2.24, 2.45) is 0 Å². The van der Waals surface area contributed by atoms with E-state index in [-0.39, 0.29) is 11.9 Å². The third-order valence-corrected chi connectivity index (χ3v) is 3.91. The number of aliphatic hydroxyl groups is 1. The number of hydrogen-bond donors (Lipinski definition) is 2. The molecule has 90 valence electrons. The maximum absolute atomic E-state index is 11.4. The molecule has 0 fully saturated rings. The van der Waals surface area contributed by atoms with Gasteiger partial charge in [-0.1, -0.05) is 18.2 Å². The predicted molar refractivity (Wildman–Crippen MR) is 70.1 cm³/mol. The Bertz CT molecular complexity index is 500. The van der Waals surface area contributed by atoms with Crippen molar-refractivity contribution in [2.45, 2.75) is 26.0 Å². The molecule has 1 aromatic carbocycles. The Morgan fingerprint density at radius 1 is 1.35 bits per heavy atom. The second kappa shape index (κ2) is 4.85. The lowest BCUT2D eigenvalue weighted by atomic mass is 10.2. The van der Waals surface area contributed by atoms with Gasteiger partial charge in [-0.05, 0) is 31.4 Å². The molecule has 1 aromatic heterocycles. The van der Waals surface area contributed by atoms with Gasteiger partial charge in [0.1, 0.15) is 6.10 Å². The van der Waals surface area contributed by atoms with Crippen LogP contribution in [0.2, 0.25) is 0 Å². The first-order valence-corrected chi connectivity index (χ1v) is 6.36. The minimum atomic E-state index is -0.966. The van der Waals surface area contributed by atoms with Crippen LogP contribution in [0, 0.1) is 0 Å². The van der Waals surface area contributed by atoms with Crippen LogP contribution < -0.4 is 5.32 Å². The Kier molecular flexibility index (Phi) is 3.45. The maximum atomic E-state index is 11.4. The van der Waals surface area contributed by atoms with Crippen LogP contribution in [0.25, 0.3) is 10.1 Å². The third kappa shape index (κ3) is 2.65. The number of rotatable bonds is 3. The highest BCUT2D eigenvalue weighted by Crippen LogP contribution is 2.29. The van der Waals surface area contributed by atoms with E-state index in [2.05, 4.69) is 23.5 Å². The van der Waals surface area contributed by atoms with E-state index < -0.39 is 6.10 Å². The largest absolute Gasteiger partial charge is 0.384 e.